The van der Waals surface area contributed by atoms with E-state index < -0.39 is 0 Å². The molecule has 8 heteroatoms. The average Bonchev–Trinajstić information content (AvgIpc) is 3.23. The van der Waals surface area contributed by atoms with E-state index in [1.54, 1.807) is 24.2 Å². The molecule has 2 N–H and O–H groups in total. The molecule has 0 fully saturated rings. The lowest BCUT2D eigenvalue weighted by Crippen LogP contribution is -2.18. The summed E-state index contributed by atoms with van der Waals surface area (Å²) in [7, 11) is 1.63. The van der Waals surface area contributed by atoms with E-state index >= 15 is 0 Å². The van der Waals surface area contributed by atoms with Gasteiger partial charge in [-0.3, -0.25) is 10.00 Å². The van der Waals surface area contributed by atoms with Crippen molar-refractivity contribution in [1.29, 1.82) is 0 Å². The minimum atomic E-state index is -0.329. The van der Waals surface area contributed by atoms with E-state index in [9.17, 15) is 4.79 Å². The maximum Gasteiger partial charge on any atom is 0.324 e. The van der Waals surface area contributed by atoms with E-state index in [2.05, 4.69) is 20.1 Å². The second kappa shape index (κ2) is 7.71. The summed E-state index contributed by atoms with van der Waals surface area (Å²) in [5, 5.41) is 10.3. The molecule has 0 aliphatic carbocycles. The Kier molecular flexibility index (Phi) is 5.19. The maximum absolute atomic E-state index is 12.0. The normalized spacial score (nSPS) is 10.5. The molecule has 124 valence electrons. The maximum atomic E-state index is 12.0. The number of ether oxygens (including phenoxy) is 1. The molecule has 24 heavy (non-hydrogen) atoms. The molecule has 0 atom stereocenters. The first-order valence-electron chi connectivity index (χ1n) is 7.36. The SMILES string of the molecule is COCCn1cc(NC(=O)Nc2cc(-c3ccccc3)ns2)cn1. The third-order valence-corrected chi connectivity index (χ3v) is 3.94. The van der Waals surface area contributed by atoms with Crippen LogP contribution in [0.2, 0.25) is 0 Å². The number of rotatable bonds is 6. The standard InChI is InChI=1S/C16H17N5O2S/c1-23-8-7-21-11-13(10-17-21)18-16(22)19-15-9-14(20-24-15)12-5-3-2-4-6-12/h2-6,9-11H,7-8H2,1H3,(H2,18,19,22). The number of nitrogens with zero attached hydrogens (tertiary/aromatic N) is 3. The van der Waals surface area contributed by atoms with E-state index in [1.807, 2.05) is 36.4 Å². The fourth-order valence-corrected chi connectivity index (χ4v) is 2.75. The summed E-state index contributed by atoms with van der Waals surface area (Å²) in [6.45, 7) is 1.20. The Balaban J connectivity index is 1.57. The van der Waals surface area contributed by atoms with Crippen LogP contribution in [-0.2, 0) is 11.3 Å². The molecule has 0 spiro atoms. The molecule has 3 aromatic rings. The largest absolute Gasteiger partial charge is 0.383 e. The number of benzene rings is 1. The first kappa shape index (κ1) is 16.2. The van der Waals surface area contributed by atoms with Crippen LogP contribution in [0, 0.1) is 0 Å². The Labute approximate surface area is 143 Å². The smallest absolute Gasteiger partial charge is 0.324 e. The number of methoxy groups -OCH3 is 1. The molecular formula is C16H17N5O2S. The quantitative estimate of drug-likeness (QED) is 0.719. The Morgan fingerprint density at radius 3 is 2.92 bits per heavy atom. The lowest BCUT2D eigenvalue weighted by atomic mass is 10.2. The first-order chi connectivity index (χ1) is 11.7. The summed E-state index contributed by atoms with van der Waals surface area (Å²) in [6.07, 6.45) is 3.35. The van der Waals surface area contributed by atoms with Crippen molar-refractivity contribution in [3.63, 3.8) is 0 Å². The van der Waals surface area contributed by atoms with Crippen LogP contribution in [0.4, 0.5) is 15.5 Å². The van der Waals surface area contributed by atoms with Crippen LogP contribution in [0.3, 0.4) is 0 Å². The second-order valence-corrected chi connectivity index (χ2v) is 5.81. The van der Waals surface area contributed by atoms with Gasteiger partial charge in [0, 0.05) is 24.9 Å². The number of hydrogen-bond donors (Lipinski definition) is 2. The predicted molar refractivity (Wildman–Crippen MR) is 94.3 cm³/mol. The number of anilines is 2. The number of aromatic nitrogens is 3. The summed E-state index contributed by atoms with van der Waals surface area (Å²) in [5.41, 5.74) is 2.47. The van der Waals surface area contributed by atoms with Gasteiger partial charge in [0.25, 0.3) is 0 Å². The molecule has 7 nitrogen and oxygen atoms in total. The highest BCUT2D eigenvalue weighted by Crippen LogP contribution is 2.25. The summed E-state index contributed by atoms with van der Waals surface area (Å²) in [5.74, 6) is 0. The van der Waals surface area contributed by atoms with Gasteiger partial charge in [-0.15, -0.1) is 0 Å². The van der Waals surface area contributed by atoms with Crippen molar-refractivity contribution in [2.45, 2.75) is 6.54 Å². The van der Waals surface area contributed by atoms with Crippen LogP contribution in [0.15, 0.2) is 48.8 Å². The number of carbonyl (C=O) groups excluding carboxylic acids is 1. The monoisotopic (exact) mass is 343 g/mol. The number of hydrogen-bond acceptors (Lipinski definition) is 5. The molecule has 2 amide bonds. The Hall–Kier alpha value is -2.71. The zero-order valence-corrected chi connectivity index (χ0v) is 13.9. The van der Waals surface area contributed by atoms with Crippen molar-refractivity contribution in [1.82, 2.24) is 14.2 Å². The zero-order valence-electron chi connectivity index (χ0n) is 13.1. The minimum absolute atomic E-state index is 0.329. The molecule has 0 aliphatic rings. The van der Waals surface area contributed by atoms with Gasteiger partial charge in [-0.2, -0.15) is 9.47 Å². The van der Waals surface area contributed by atoms with Crippen molar-refractivity contribution >= 4 is 28.3 Å². The molecule has 0 saturated heterocycles. The number of amides is 2. The van der Waals surface area contributed by atoms with Gasteiger partial charge in [0.1, 0.15) is 5.00 Å². The summed E-state index contributed by atoms with van der Waals surface area (Å²) in [6, 6.07) is 11.3. The summed E-state index contributed by atoms with van der Waals surface area (Å²) >= 11 is 1.24. The van der Waals surface area contributed by atoms with Crippen LogP contribution in [-0.4, -0.2) is 33.9 Å². The molecule has 0 saturated carbocycles. The van der Waals surface area contributed by atoms with Crippen LogP contribution in [0.5, 0.6) is 0 Å². The van der Waals surface area contributed by atoms with Gasteiger partial charge in [-0.25, -0.2) is 4.79 Å². The van der Waals surface area contributed by atoms with Crippen molar-refractivity contribution in [2.24, 2.45) is 0 Å². The Morgan fingerprint density at radius 2 is 2.12 bits per heavy atom. The van der Waals surface area contributed by atoms with Gasteiger partial charge in [0.05, 0.1) is 30.7 Å². The summed E-state index contributed by atoms with van der Waals surface area (Å²) in [4.78, 5) is 12.0. The zero-order chi connectivity index (χ0) is 16.8. The third kappa shape index (κ3) is 4.18. The fourth-order valence-electron chi connectivity index (χ4n) is 2.09. The van der Waals surface area contributed by atoms with Gasteiger partial charge >= 0.3 is 6.03 Å². The van der Waals surface area contributed by atoms with Crippen molar-refractivity contribution < 1.29 is 9.53 Å². The van der Waals surface area contributed by atoms with E-state index in [4.69, 9.17) is 4.74 Å². The highest BCUT2D eigenvalue weighted by molar-refractivity contribution is 7.10. The first-order valence-corrected chi connectivity index (χ1v) is 8.13. The van der Waals surface area contributed by atoms with Crippen LogP contribution >= 0.6 is 11.5 Å². The van der Waals surface area contributed by atoms with Crippen LogP contribution < -0.4 is 10.6 Å². The minimum Gasteiger partial charge on any atom is -0.383 e. The summed E-state index contributed by atoms with van der Waals surface area (Å²) < 4.78 is 11.0. The molecule has 2 heterocycles. The average molecular weight is 343 g/mol. The molecule has 0 radical (unpaired) electrons. The fraction of sp³-hybridized carbons (Fsp3) is 0.188. The van der Waals surface area contributed by atoms with Crippen LogP contribution in [0.1, 0.15) is 0 Å². The van der Waals surface area contributed by atoms with Gasteiger partial charge in [0.2, 0.25) is 0 Å². The molecule has 0 aliphatic heterocycles. The number of carbonyl (C=O) groups is 1. The van der Waals surface area contributed by atoms with E-state index in [0.29, 0.717) is 23.8 Å². The molecule has 3 rings (SSSR count). The highest BCUT2D eigenvalue weighted by Gasteiger charge is 2.09. The molecule has 1 aromatic carbocycles. The van der Waals surface area contributed by atoms with Crippen molar-refractivity contribution in [3.8, 4) is 11.3 Å². The lowest BCUT2D eigenvalue weighted by molar-refractivity contribution is 0.183. The van der Waals surface area contributed by atoms with Gasteiger partial charge in [-0.05, 0) is 11.5 Å². The lowest BCUT2D eigenvalue weighted by Gasteiger charge is -2.02. The molecule has 2 aromatic heterocycles. The number of urea groups is 1. The molecule has 0 unspecified atom stereocenters. The van der Waals surface area contributed by atoms with E-state index in [0.717, 1.165) is 11.3 Å². The number of nitrogens with one attached hydrogen (secondary N) is 2. The molecular weight excluding hydrogens is 326 g/mol. The predicted octanol–water partition coefficient (Wildman–Crippen LogP) is 3.30. The third-order valence-electron chi connectivity index (χ3n) is 3.23. The van der Waals surface area contributed by atoms with Crippen molar-refractivity contribution in [2.75, 3.05) is 24.4 Å². The van der Waals surface area contributed by atoms with Gasteiger partial charge in [0.15, 0.2) is 0 Å². The van der Waals surface area contributed by atoms with Crippen LogP contribution in [0.25, 0.3) is 11.3 Å². The molecule has 0 bridgehead atoms. The van der Waals surface area contributed by atoms with Gasteiger partial charge in [-0.1, -0.05) is 30.3 Å². The topological polar surface area (TPSA) is 81.1 Å². The highest BCUT2D eigenvalue weighted by atomic mass is 32.1. The van der Waals surface area contributed by atoms with E-state index in [1.165, 1.54) is 11.5 Å². The second-order valence-electron chi connectivity index (χ2n) is 5.01. The Bertz CT molecular complexity index is 800. The van der Waals surface area contributed by atoms with E-state index in [-0.39, 0.29) is 6.03 Å². The van der Waals surface area contributed by atoms with Gasteiger partial charge < -0.3 is 10.1 Å². The van der Waals surface area contributed by atoms with Crippen molar-refractivity contribution in [3.05, 3.63) is 48.8 Å². The Morgan fingerprint density at radius 1 is 1.29 bits per heavy atom.